The van der Waals surface area contributed by atoms with Crippen LogP contribution in [0.25, 0.3) is 0 Å². The molecule has 10 unspecified atom stereocenters. The summed E-state index contributed by atoms with van der Waals surface area (Å²) in [6.45, 7) is 41.2. The molecule has 0 amide bonds. The smallest absolute Gasteiger partial charge is 0.0577 e. The zero-order valence-electron chi connectivity index (χ0n) is 57.4. The van der Waals surface area contributed by atoms with E-state index in [1.54, 1.807) is 0 Å². The Bertz CT molecular complexity index is 1850. The third-order valence-electron chi connectivity index (χ3n) is 28.2. The Hall–Kier alpha value is -0.320. The Balaban J connectivity index is 0.000000239. The van der Waals surface area contributed by atoms with E-state index in [0.717, 1.165) is 137 Å². The van der Waals surface area contributed by atoms with Crippen LogP contribution in [0.15, 0.2) is 0 Å². The minimum Gasteiger partial charge on any atom is -0.393 e. The molecule has 8 nitrogen and oxygen atoms in total. The molecule has 83 heavy (non-hydrogen) atoms. The molecule has 0 spiro atoms. The van der Waals surface area contributed by atoms with E-state index >= 15 is 0 Å². The van der Waals surface area contributed by atoms with Crippen molar-refractivity contribution < 1.29 is 10.2 Å². The highest BCUT2D eigenvalue weighted by Gasteiger charge is 2.65. The predicted octanol–water partition coefficient (Wildman–Crippen LogP) is 16.0. The molecule has 0 saturated heterocycles. The molecule has 8 heteroatoms. The second kappa shape index (κ2) is 32.1. The van der Waals surface area contributed by atoms with Crippen molar-refractivity contribution in [2.75, 3.05) is 52.4 Å². The maximum atomic E-state index is 11.8. The lowest BCUT2D eigenvalue weighted by molar-refractivity contribution is -0.170. The zero-order chi connectivity index (χ0) is 60.2. The minimum absolute atomic E-state index is 0.0775. The SMILES string of the molecule is CC(C)C(C)CCC(C)(C)C1CCC2C3C(CC[C@@]21C)[C@@]1(C)CC[C@H](NCCCNCCCCN)C[C@@H]1C[C@H]3O.CC(C)C(C)CC[C@@H](C)C1CCC2C3C(CC[C@@]21C)[C@@]1(C)CC[C@H](NCCCNCCCCCCCCN)C[C@@H]1C[C@H]3O. The van der Waals surface area contributed by atoms with Crippen LogP contribution in [0.5, 0.6) is 0 Å². The van der Waals surface area contributed by atoms with Gasteiger partial charge in [0.05, 0.1) is 12.2 Å². The van der Waals surface area contributed by atoms with E-state index in [1.807, 2.05) is 0 Å². The molecule has 486 valence electrons. The van der Waals surface area contributed by atoms with Gasteiger partial charge in [0.2, 0.25) is 0 Å². The highest BCUT2D eigenvalue weighted by molar-refractivity contribution is 5.15. The van der Waals surface area contributed by atoms with Gasteiger partial charge in [0.15, 0.2) is 0 Å². The second-order valence-corrected chi connectivity index (χ2v) is 34.0. The molecule has 8 aliphatic rings. The standard InChI is InChI=1S/C39H75N3O.C36H69N3O/c1-28(2)29(3)14-15-30(4)33-16-17-34-37-35(19-21-39(33,34)6)38(5)20-18-32(26-31(38)27-36(37)43)42-25-13-24-41-23-12-10-8-7-9-11-22-40;1-25(2)26(3)13-16-34(4,5)32-12-11-29-33-30(15-18-36(29,32)7)35(6)17-14-28(23-27(35)24-31(33)40)39-22-10-21-38-20-9-8-19-37/h28-37,41-43H,7-27,40H2,1-6H3;25-33,38-40H,8-24,37H2,1-7H3/t29?,30-,31-,32+,33?,34?,35?,36-,37?,38+,39-;26?,27-,28+,29?,30?,31-,32?,33?,35+,36+/m11/s1. The van der Waals surface area contributed by atoms with Crippen LogP contribution < -0.4 is 32.7 Å². The highest BCUT2D eigenvalue weighted by atomic mass is 16.3. The Morgan fingerprint density at radius 3 is 1.40 bits per heavy atom. The lowest BCUT2D eigenvalue weighted by Gasteiger charge is -2.63. The van der Waals surface area contributed by atoms with Crippen LogP contribution >= 0.6 is 0 Å². The van der Waals surface area contributed by atoms with Crippen LogP contribution in [0, 0.1) is 116 Å². The monoisotopic (exact) mass is 1160 g/mol. The number of fused-ring (bicyclic) bond motifs is 10. The quantitative estimate of drug-likeness (QED) is 0.0312. The number of nitrogens with two attached hydrogens (primary N) is 2. The molecule has 8 aliphatic carbocycles. The van der Waals surface area contributed by atoms with Crippen molar-refractivity contribution in [1.82, 2.24) is 21.3 Å². The second-order valence-electron chi connectivity index (χ2n) is 34.0. The molecule has 0 aromatic heterocycles. The maximum absolute atomic E-state index is 11.8. The van der Waals surface area contributed by atoms with Crippen molar-refractivity contribution in [3.8, 4) is 0 Å². The minimum atomic E-state index is -0.0907. The van der Waals surface area contributed by atoms with E-state index in [-0.39, 0.29) is 12.2 Å². The molecule has 8 saturated carbocycles. The summed E-state index contributed by atoms with van der Waals surface area (Å²) < 4.78 is 0. The average molecular weight is 1160 g/mol. The van der Waals surface area contributed by atoms with Crippen LogP contribution in [0.4, 0.5) is 0 Å². The molecule has 0 bridgehead atoms. The largest absolute Gasteiger partial charge is 0.393 e. The van der Waals surface area contributed by atoms with Gasteiger partial charge in [-0.2, -0.15) is 0 Å². The maximum Gasteiger partial charge on any atom is 0.0577 e. The first kappa shape index (κ1) is 70.1. The molecule has 21 atom stereocenters. The third-order valence-corrected chi connectivity index (χ3v) is 28.2. The summed E-state index contributed by atoms with van der Waals surface area (Å²) in [4.78, 5) is 0. The Kier molecular flexibility index (Phi) is 27.1. The summed E-state index contributed by atoms with van der Waals surface area (Å²) in [7, 11) is 0. The third kappa shape index (κ3) is 17.0. The van der Waals surface area contributed by atoms with Crippen molar-refractivity contribution in [3.63, 3.8) is 0 Å². The topological polar surface area (TPSA) is 141 Å². The first-order valence-electron chi connectivity index (χ1n) is 37.2. The molecule has 8 rings (SSSR count). The van der Waals surface area contributed by atoms with Crippen molar-refractivity contribution in [2.45, 2.75) is 307 Å². The van der Waals surface area contributed by atoms with Crippen molar-refractivity contribution in [1.29, 1.82) is 0 Å². The Morgan fingerprint density at radius 1 is 0.446 bits per heavy atom. The molecule has 0 heterocycles. The van der Waals surface area contributed by atoms with Gasteiger partial charge in [-0.3, -0.25) is 0 Å². The van der Waals surface area contributed by atoms with E-state index < -0.39 is 0 Å². The number of hydrogen-bond donors (Lipinski definition) is 8. The van der Waals surface area contributed by atoms with Crippen LogP contribution in [-0.2, 0) is 0 Å². The summed E-state index contributed by atoms with van der Waals surface area (Å²) >= 11 is 0. The summed E-state index contributed by atoms with van der Waals surface area (Å²) in [5.41, 5.74) is 13.3. The fraction of sp³-hybridized carbons (Fsp3) is 1.00. The first-order chi connectivity index (χ1) is 39.5. The number of aliphatic hydroxyl groups is 2. The van der Waals surface area contributed by atoms with Crippen molar-refractivity contribution in [2.24, 2.45) is 127 Å². The molecule has 0 radical (unpaired) electrons. The van der Waals surface area contributed by atoms with E-state index in [9.17, 15) is 10.2 Å². The van der Waals surface area contributed by atoms with Crippen molar-refractivity contribution >= 4 is 0 Å². The van der Waals surface area contributed by atoms with E-state index in [4.69, 9.17) is 11.5 Å². The van der Waals surface area contributed by atoms with Gasteiger partial charge in [-0.25, -0.2) is 0 Å². The van der Waals surface area contributed by atoms with Crippen LogP contribution in [0.3, 0.4) is 0 Å². The van der Waals surface area contributed by atoms with Gasteiger partial charge in [0.25, 0.3) is 0 Å². The molecule has 8 fully saturated rings. The van der Waals surface area contributed by atoms with Crippen LogP contribution in [-0.4, -0.2) is 86.9 Å². The molecule has 10 N–H and O–H groups in total. The molecule has 0 aromatic rings. The summed E-state index contributed by atoms with van der Waals surface area (Å²) in [5.74, 6) is 11.1. The summed E-state index contributed by atoms with van der Waals surface area (Å²) in [6, 6.07) is 1.28. The average Bonchev–Trinajstić information content (AvgIpc) is 1.81. The number of nitrogens with one attached hydrogen (secondary N) is 4. The predicted molar refractivity (Wildman–Crippen MR) is 356 cm³/mol. The lowest BCUT2D eigenvalue weighted by Crippen LogP contribution is -2.59. The first-order valence-corrected chi connectivity index (χ1v) is 37.2. The number of hydrogen-bond acceptors (Lipinski definition) is 8. The Labute approximate surface area is 515 Å². The van der Waals surface area contributed by atoms with Gasteiger partial charge in [-0.15, -0.1) is 0 Å². The Morgan fingerprint density at radius 2 is 0.867 bits per heavy atom. The lowest BCUT2D eigenvalue weighted by atomic mass is 9.43. The van der Waals surface area contributed by atoms with Crippen LogP contribution in [0.2, 0.25) is 0 Å². The van der Waals surface area contributed by atoms with Crippen LogP contribution in [0.1, 0.15) is 283 Å². The fourth-order valence-electron chi connectivity index (χ4n) is 22.0. The van der Waals surface area contributed by atoms with E-state index in [2.05, 4.69) is 111 Å². The number of rotatable bonds is 32. The summed E-state index contributed by atoms with van der Waals surface area (Å²) in [6.07, 6.45) is 39.0. The molecule has 0 aliphatic heterocycles. The highest BCUT2D eigenvalue weighted by Crippen LogP contribution is 2.71. The van der Waals surface area contributed by atoms with Gasteiger partial charge in [-0.05, 0) is 322 Å². The molecular formula is C75H144N6O2. The molecule has 0 aromatic carbocycles. The summed E-state index contributed by atoms with van der Waals surface area (Å²) in [5, 5.41) is 38.7. The molecular weight excluding hydrogens is 1020 g/mol. The zero-order valence-corrected chi connectivity index (χ0v) is 57.4. The number of unbranched alkanes of at least 4 members (excludes halogenated alkanes) is 6. The number of aliphatic hydroxyl groups excluding tert-OH is 2. The van der Waals surface area contributed by atoms with Gasteiger partial charge in [0.1, 0.15) is 0 Å². The van der Waals surface area contributed by atoms with Crippen molar-refractivity contribution in [3.05, 3.63) is 0 Å². The van der Waals surface area contributed by atoms with Gasteiger partial charge < -0.3 is 42.9 Å². The normalized spacial score (nSPS) is 39.7. The van der Waals surface area contributed by atoms with Gasteiger partial charge >= 0.3 is 0 Å². The van der Waals surface area contributed by atoms with E-state index in [1.165, 1.54) is 173 Å². The fourth-order valence-corrected chi connectivity index (χ4v) is 22.0. The van der Waals surface area contributed by atoms with E-state index in [0.29, 0.717) is 62.8 Å². The van der Waals surface area contributed by atoms with Gasteiger partial charge in [0, 0.05) is 12.1 Å². The van der Waals surface area contributed by atoms with Gasteiger partial charge in [-0.1, -0.05) is 129 Å².